The molecule has 0 fully saturated rings. The fourth-order valence-electron chi connectivity index (χ4n) is 0. The Bertz CT molecular complexity index is 1010. The molecule has 77 heavy (non-hydrogen) atoms. The van der Waals surface area contributed by atoms with Crippen molar-refractivity contribution in [2.24, 2.45) is 0 Å². The first kappa shape index (κ1) is 413. The van der Waals surface area contributed by atoms with Crippen molar-refractivity contribution in [3.05, 3.63) is 0 Å². The summed E-state index contributed by atoms with van der Waals surface area (Å²) in [5.74, 6) is 0. The molecule has 0 saturated carbocycles. The van der Waals surface area contributed by atoms with Crippen LogP contribution in [0.1, 0.15) is 0 Å². The van der Waals surface area contributed by atoms with Crippen molar-refractivity contribution >= 4 is 407 Å². The summed E-state index contributed by atoms with van der Waals surface area (Å²) >= 11 is 0. The summed E-state index contributed by atoms with van der Waals surface area (Å²) in [7, 11) is -36.2. The van der Waals surface area contributed by atoms with Gasteiger partial charge in [-0.3, -0.25) is 58.9 Å². The van der Waals surface area contributed by atoms with E-state index in [1.807, 2.05) is 0 Å². The van der Waals surface area contributed by atoms with Crippen LogP contribution in [0, 0.1) is 0 Å². The van der Waals surface area contributed by atoms with Gasteiger partial charge in [-0.2, -0.15) is 0 Å². The van der Waals surface area contributed by atoms with Crippen molar-refractivity contribution in [3.63, 3.8) is 0 Å². The Hall–Kier alpha value is 14.8. The van der Waals surface area contributed by atoms with Crippen LogP contribution in [0.5, 0.6) is 0 Å². The molecule has 0 aliphatic carbocycles. The Balaban J connectivity index is -0.00000000232. The van der Waals surface area contributed by atoms with Gasteiger partial charge >= 0.3 is 517 Å². The Morgan fingerprint density at radius 3 is 0.156 bits per heavy atom. The van der Waals surface area contributed by atoms with Crippen LogP contribution in [-0.4, -0.2) is 463 Å². The standard InChI is InChI=1S/8Al.4Ba.7H2O4S.H2O.21O.4Zn.4Zr/c;;;;;;;;;;;;7*1-5(2,3)4;;;;;;;;;;;;;;;;;;;;;;;;;;;;;;/h;;;;;;;;;;;;7*(H2,1,2,3,4);1H2;;;;;;;;;;;;;;;;;;;;;;;;;;;;;/q8*+3;4*+2;;;;;;;;;21*-2;4*+2;4*+4/p-14. The van der Waals surface area contributed by atoms with Crippen LogP contribution >= 0.6 is 0 Å². The molecule has 0 aromatic rings. The van der Waals surface area contributed by atoms with Gasteiger partial charge in [0.2, 0.25) is 0 Å². The average Bonchev–Trinajstić information content (AvgIpc) is 2.06. The Kier molecular flexibility index (Phi) is 1220. The summed E-state index contributed by atoms with van der Waals surface area (Å²) < 4.78 is 239. The van der Waals surface area contributed by atoms with Gasteiger partial charge in [0.05, 0.1) is 0 Å². The van der Waals surface area contributed by atoms with Crippen LogP contribution in [-0.2, 0) is 371 Å². The molecule has 50 nitrogen and oxygen atoms in total. The first-order valence-electron chi connectivity index (χ1n) is 4.67. The van der Waals surface area contributed by atoms with E-state index in [1.165, 1.54) is 0 Å². The van der Waals surface area contributed by atoms with E-state index in [4.69, 9.17) is 123 Å². The maximum atomic E-state index is 8.52. The average molecular weight is 2420 g/mol. The number of hydrogen-bond acceptors (Lipinski definition) is 28. The van der Waals surface area contributed by atoms with E-state index in [-0.39, 0.29) is 638 Å². The summed E-state index contributed by atoms with van der Waals surface area (Å²) in [5, 5.41) is 0. The summed E-state index contributed by atoms with van der Waals surface area (Å²) in [6, 6.07) is 0. The molecular formula is H2Al8Ba4O50S7Zn4Zr4. The predicted octanol–water partition coefficient (Wildman–Crippen LogP) is -17.3. The first-order chi connectivity index (χ1) is 14.0. The van der Waals surface area contributed by atoms with E-state index in [2.05, 4.69) is 0 Å². The van der Waals surface area contributed by atoms with E-state index in [1.54, 1.807) is 0 Å². The fourth-order valence-corrected chi connectivity index (χ4v) is 0. The zero-order chi connectivity index (χ0) is 31.5. The number of hydrogen-bond donors (Lipinski definition) is 0. The molecule has 0 atom stereocenters. The maximum absolute atomic E-state index is 8.52. The Labute approximate surface area is 813 Å². The van der Waals surface area contributed by atoms with Gasteiger partial charge in [-0.1, -0.05) is 0 Å². The van der Waals surface area contributed by atoms with Gasteiger partial charge in [-0.15, -0.1) is 0 Å². The van der Waals surface area contributed by atoms with E-state index in [9.17, 15) is 0 Å². The molecule has 0 heterocycles. The summed E-state index contributed by atoms with van der Waals surface area (Å²) in [6.45, 7) is 0. The van der Waals surface area contributed by atoms with Crippen molar-refractivity contribution in [2.75, 3.05) is 0 Å². The van der Waals surface area contributed by atoms with Crippen LogP contribution in [0.25, 0.3) is 0 Å². The molecule has 0 amide bonds. The van der Waals surface area contributed by atoms with Crippen molar-refractivity contribution in [1.82, 2.24) is 0 Å². The molecule has 0 unspecified atom stereocenters. The van der Waals surface area contributed by atoms with Gasteiger partial charge < -0.3 is 184 Å². The second-order valence-corrected chi connectivity index (χ2v) is 8.57. The molecule has 0 aromatic carbocycles. The van der Waals surface area contributed by atoms with E-state index < -0.39 is 72.8 Å². The van der Waals surface area contributed by atoms with Gasteiger partial charge in [0.25, 0.3) is 0 Å². The van der Waals surface area contributed by atoms with Crippen molar-refractivity contribution in [1.29, 1.82) is 0 Å². The summed E-state index contributed by atoms with van der Waals surface area (Å²) in [4.78, 5) is 0. The van der Waals surface area contributed by atoms with E-state index in [0.29, 0.717) is 0 Å². The van der Waals surface area contributed by atoms with E-state index >= 15 is 0 Å². The van der Waals surface area contributed by atoms with Gasteiger partial charge in [-0.05, 0) is 0 Å². The SMILES string of the molecule is O.O=S(=O)([O-])[O-].O=S(=O)([O-])[O-].O=S(=O)([O-])[O-].O=S(=O)([O-])[O-].O=S(=O)([O-])[O-].O=S(=O)([O-])[O-].O=S(=O)([O-])[O-].[Al+3].[Al+3].[Al+3].[Al+3].[Al+3].[Al+3].[Al+3].[Al+3].[Ba+2].[Ba+2].[Ba+2].[Ba+2].[O-2].[O-2].[O-2].[O-2].[O-2].[O-2].[O-2].[O-2].[O-2].[O-2].[O-2].[O-2].[O-2].[O-2].[O-2].[O-2].[O-2].[O-2].[O-2].[O-2].[O-2].[Zn+2].[Zn+2].[Zn+2].[Zn+2].[Zr+4].[Zr+4].[Zr+4].[Zr+4]. The smallest absolute Gasteiger partial charge is 2.00 e. The second-order valence-electron chi connectivity index (χ2n) is 2.86. The molecule has 0 aliphatic heterocycles. The topological polar surface area (TPSA) is 1190 Å². The second kappa shape index (κ2) is 227. The molecule has 0 saturated heterocycles. The van der Waals surface area contributed by atoms with Crippen molar-refractivity contribution < 1.29 is 426 Å². The molecule has 77 heteroatoms. The van der Waals surface area contributed by atoms with Gasteiger partial charge in [0.15, 0.2) is 0 Å². The molecule has 2 N–H and O–H groups in total. The molecule has 0 aliphatic rings. The predicted molar refractivity (Wildman–Crippen MR) is 160 cm³/mol. The van der Waals surface area contributed by atoms with Crippen LogP contribution < -0.4 is 0 Å². The molecule has 0 spiro atoms. The zero-order valence-electron chi connectivity index (χ0n) is 35.6. The van der Waals surface area contributed by atoms with Crippen LogP contribution in [0.3, 0.4) is 0 Å². The molecule has 0 rings (SSSR count). The van der Waals surface area contributed by atoms with Crippen LogP contribution in [0.15, 0.2) is 0 Å². The normalized spacial score (nSPS) is 5.27. The maximum Gasteiger partial charge on any atom is 4.00 e. The molecule has 0 bridgehead atoms. The molecular weight excluding hydrogens is 2420 g/mol. The summed E-state index contributed by atoms with van der Waals surface area (Å²) in [6.07, 6.45) is 0. The molecule has 400 valence electrons. The Morgan fingerprint density at radius 1 is 0.156 bits per heavy atom. The summed E-state index contributed by atoms with van der Waals surface area (Å²) in [5.41, 5.74) is 0. The Morgan fingerprint density at radius 2 is 0.156 bits per heavy atom. The minimum atomic E-state index is -5.17. The third-order valence-corrected chi connectivity index (χ3v) is 0. The largest absolute Gasteiger partial charge is 4.00 e. The van der Waals surface area contributed by atoms with Gasteiger partial charge in [0.1, 0.15) is 0 Å². The molecule has 0 radical (unpaired) electrons. The van der Waals surface area contributed by atoms with E-state index in [0.717, 1.165) is 0 Å². The minimum Gasteiger partial charge on any atom is -2.00 e. The third-order valence-electron chi connectivity index (χ3n) is 0. The van der Waals surface area contributed by atoms with Gasteiger partial charge in [-0.25, -0.2) is 0 Å². The fraction of sp³-hybridized carbons (Fsp3) is 0. The van der Waals surface area contributed by atoms with Gasteiger partial charge in [0, 0.05) is 72.8 Å². The van der Waals surface area contributed by atoms with Crippen LogP contribution in [0.4, 0.5) is 0 Å². The minimum absolute atomic E-state index is 0. The zero-order valence-corrected chi connectivity index (χ0v) is 90.1. The quantitative estimate of drug-likeness (QED) is 0.123. The van der Waals surface area contributed by atoms with Crippen molar-refractivity contribution in [2.45, 2.75) is 0 Å². The monoisotopic (exact) mass is 2410 g/mol. The number of rotatable bonds is 0. The third kappa shape index (κ3) is 3270. The molecule has 0 aromatic heterocycles. The first-order valence-corrected chi connectivity index (χ1v) is 14.0. The van der Waals surface area contributed by atoms with Crippen molar-refractivity contribution in [3.8, 4) is 0 Å². The van der Waals surface area contributed by atoms with Crippen LogP contribution in [0.2, 0.25) is 0 Å².